The van der Waals surface area contributed by atoms with Crippen LogP contribution in [0.2, 0.25) is 5.02 Å². The lowest BCUT2D eigenvalue weighted by Gasteiger charge is -2.20. The van der Waals surface area contributed by atoms with E-state index in [9.17, 15) is 0 Å². The molecule has 0 aliphatic heterocycles. The van der Waals surface area contributed by atoms with Crippen molar-refractivity contribution in [2.75, 3.05) is 18.5 Å². The van der Waals surface area contributed by atoms with E-state index in [0.29, 0.717) is 0 Å². The van der Waals surface area contributed by atoms with Crippen LogP contribution in [-0.2, 0) is 13.1 Å². The van der Waals surface area contributed by atoms with Gasteiger partial charge in [0.2, 0.25) is 0 Å². The first-order valence-corrected chi connectivity index (χ1v) is 7.18. The van der Waals surface area contributed by atoms with Gasteiger partial charge in [-0.25, -0.2) is 0 Å². The maximum absolute atomic E-state index is 6.21. The van der Waals surface area contributed by atoms with Gasteiger partial charge in [0.25, 0.3) is 0 Å². The maximum atomic E-state index is 6.21. The molecule has 0 saturated heterocycles. The van der Waals surface area contributed by atoms with Crippen LogP contribution < -0.4 is 10.2 Å². The van der Waals surface area contributed by atoms with Crippen molar-refractivity contribution in [3.8, 4) is 0 Å². The number of nitrogens with one attached hydrogen (secondary N) is 1. The Balaban J connectivity index is 2.09. The Bertz CT molecular complexity index is 557. The molecule has 2 aromatic rings. The second-order valence-corrected chi connectivity index (χ2v) is 5.14. The van der Waals surface area contributed by atoms with E-state index in [4.69, 9.17) is 11.6 Å². The second-order valence-electron chi connectivity index (χ2n) is 4.73. The molecule has 4 heteroatoms. The lowest BCUT2D eigenvalue weighted by molar-refractivity contribution is 0.710. The third kappa shape index (κ3) is 3.95. The van der Waals surface area contributed by atoms with Gasteiger partial charge in [-0.3, -0.25) is 4.98 Å². The first-order chi connectivity index (χ1) is 9.70. The number of nitrogens with zero attached hydrogens (tertiary/aromatic N) is 2. The minimum absolute atomic E-state index is 0.782. The predicted molar refractivity (Wildman–Crippen MR) is 85.2 cm³/mol. The average molecular weight is 290 g/mol. The van der Waals surface area contributed by atoms with Gasteiger partial charge < -0.3 is 10.2 Å². The summed E-state index contributed by atoms with van der Waals surface area (Å²) in [4.78, 5) is 6.55. The van der Waals surface area contributed by atoms with Crippen molar-refractivity contribution in [1.82, 2.24) is 10.3 Å². The molecule has 0 aliphatic rings. The van der Waals surface area contributed by atoms with Gasteiger partial charge in [-0.2, -0.15) is 0 Å². The van der Waals surface area contributed by atoms with Gasteiger partial charge in [0.05, 0.1) is 5.69 Å². The quantitative estimate of drug-likeness (QED) is 0.882. The molecule has 0 saturated carbocycles. The Labute approximate surface area is 125 Å². The summed E-state index contributed by atoms with van der Waals surface area (Å²) >= 11 is 6.21. The molecule has 0 unspecified atom stereocenters. The van der Waals surface area contributed by atoms with Gasteiger partial charge in [-0.1, -0.05) is 36.7 Å². The molecule has 1 N–H and O–H groups in total. The molecular weight excluding hydrogens is 270 g/mol. The summed E-state index contributed by atoms with van der Waals surface area (Å²) < 4.78 is 0. The van der Waals surface area contributed by atoms with Gasteiger partial charge in [0, 0.05) is 37.0 Å². The van der Waals surface area contributed by atoms with Crippen molar-refractivity contribution in [3.05, 3.63) is 58.9 Å². The molecule has 20 heavy (non-hydrogen) atoms. The summed E-state index contributed by atoms with van der Waals surface area (Å²) in [5.74, 6) is 0. The highest BCUT2D eigenvalue weighted by molar-refractivity contribution is 6.31. The number of hydrogen-bond donors (Lipinski definition) is 1. The van der Waals surface area contributed by atoms with Gasteiger partial charge in [0.15, 0.2) is 0 Å². The number of rotatable bonds is 6. The Hall–Kier alpha value is -1.58. The van der Waals surface area contributed by atoms with E-state index in [2.05, 4.69) is 41.3 Å². The van der Waals surface area contributed by atoms with E-state index in [-0.39, 0.29) is 0 Å². The summed E-state index contributed by atoms with van der Waals surface area (Å²) in [5, 5.41) is 4.09. The van der Waals surface area contributed by atoms with Crippen LogP contribution in [0.1, 0.15) is 18.2 Å². The van der Waals surface area contributed by atoms with Crippen LogP contribution in [0.3, 0.4) is 0 Å². The molecule has 0 bridgehead atoms. The predicted octanol–water partition coefficient (Wildman–Crippen LogP) is 3.48. The van der Waals surface area contributed by atoms with Crippen LogP contribution in [0.25, 0.3) is 0 Å². The normalized spacial score (nSPS) is 10.6. The first-order valence-electron chi connectivity index (χ1n) is 6.81. The summed E-state index contributed by atoms with van der Waals surface area (Å²) in [6.07, 6.45) is 1.85. The lowest BCUT2D eigenvalue weighted by atomic mass is 10.2. The molecule has 0 atom stereocenters. The van der Waals surface area contributed by atoms with Gasteiger partial charge in [-0.05, 0) is 30.3 Å². The highest BCUT2D eigenvalue weighted by Gasteiger charge is 2.06. The molecular formula is C16H20ClN3. The number of benzene rings is 1. The molecule has 0 aliphatic carbocycles. The highest BCUT2D eigenvalue weighted by atomic mass is 35.5. The van der Waals surface area contributed by atoms with E-state index >= 15 is 0 Å². The van der Waals surface area contributed by atoms with Crippen molar-refractivity contribution < 1.29 is 0 Å². The number of aromatic nitrogens is 1. The highest BCUT2D eigenvalue weighted by Crippen LogP contribution is 2.20. The number of pyridine rings is 1. The standard InChI is InChI=1S/C16H20ClN3/c1-3-18-11-14-10-15(8-9-19-14)20(2)12-13-6-4-5-7-16(13)17/h4-10,18H,3,11-12H2,1-2H3. The number of anilines is 1. The SMILES string of the molecule is CCNCc1cc(N(C)Cc2ccccc2Cl)ccn1. The van der Waals surface area contributed by atoms with Crippen LogP contribution in [-0.4, -0.2) is 18.6 Å². The molecule has 1 heterocycles. The zero-order valence-corrected chi connectivity index (χ0v) is 12.7. The van der Waals surface area contributed by atoms with Crippen molar-refractivity contribution in [1.29, 1.82) is 0 Å². The largest absolute Gasteiger partial charge is 0.370 e. The Morgan fingerprint density at radius 3 is 2.80 bits per heavy atom. The molecule has 0 amide bonds. The lowest BCUT2D eigenvalue weighted by Crippen LogP contribution is -2.18. The third-order valence-electron chi connectivity index (χ3n) is 3.16. The molecule has 0 radical (unpaired) electrons. The second kappa shape index (κ2) is 7.27. The molecule has 2 rings (SSSR count). The number of hydrogen-bond acceptors (Lipinski definition) is 3. The van der Waals surface area contributed by atoms with Crippen LogP contribution in [0.4, 0.5) is 5.69 Å². The van der Waals surface area contributed by atoms with Crippen LogP contribution in [0.5, 0.6) is 0 Å². The maximum Gasteiger partial charge on any atom is 0.0562 e. The van der Waals surface area contributed by atoms with Crippen molar-refractivity contribution >= 4 is 17.3 Å². The molecule has 1 aromatic carbocycles. The molecule has 0 spiro atoms. The average Bonchev–Trinajstić information content (AvgIpc) is 2.48. The fourth-order valence-corrected chi connectivity index (χ4v) is 2.22. The molecule has 3 nitrogen and oxygen atoms in total. The summed E-state index contributed by atoms with van der Waals surface area (Å²) in [7, 11) is 2.07. The molecule has 106 valence electrons. The Morgan fingerprint density at radius 2 is 2.05 bits per heavy atom. The first kappa shape index (κ1) is 14.8. The van der Waals surface area contributed by atoms with E-state index in [1.807, 2.05) is 30.5 Å². The zero-order chi connectivity index (χ0) is 14.4. The number of halogens is 1. The monoisotopic (exact) mass is 289 g/mol. The van der Waals surface area contributed by atoms with Crippen LogP contribution >= 0.6 is 11.6 Å². The smallest absolute Gasteiger partial charge is 0.0562 e. The van der Waals surface area contributed by atoms with Crippen molar-refractivity contribution in [2.24, 2.45) is 0 Å². The van der Waals surface area contributed by atoms with E-state index in [0.717, 1.165) is 41.6 Å². The third-order valence-corrected chi connectivity index (χ3v) is 3.53. The van der Waals surface area contributed by atoms with E-state index in [1.165, 1.54) is 0 Å². The minimum Gasteiger partial charge on any atom is -0.370 e. The summed E-state index contributed by atoms with van der Waals surface area (Å²) in [5.41, 5.74) is 3.32. The van der Waals surface area contributed by atoms with Crippen molar-refractivity contribution in [2.45, 2.75) is 20.0 Å². The van der Waals surface area contributed by atoms with E-state index < -0.39 is 0 Å². The van der Waals surface area contributed by atoms with Gasteiger partial charge in [-0.15, -0.1) is 0 Å². The fourth-order valence-electron chi connectivity index (χ4n) is 2.03. The van der Waals surface area contributed by atoms with Crippen molar-refractivity contribution in [3.63, 3.8) is 0 Å². The Kier molecular flexibility index (Phi) is 5.39. The summed E-state index contributed by atoms with van der Waals surface area (Å²) in [6, 6.07) is 12.1. The summed E-state index contributed by atoms with van der Waals surface area (Å²) in [6.45, 7) is 4.61. The van der Waals surface area contributed by atoms with Gasteiger partial charge in [0.1, 0.15) is 0 Å². The molecule has 1 aromatic heterocycles. The topological polar surface area (TPSA) is 28.2 Å². The molecule has 0 fully saturated rings. The fraction of sp³-hybridized carbons (Fsp3) is 0.312. The van der Waals surface area contributed by atoms with Crippen LogP contribution in [0, 0.1) is 0 Å². The minimum atomic E-state index is 0.782. The van der Waals surface area contributed by atoms with Crippen LogP contribution in [0.15, 0.2) is 42.6 Å². The zero-order valence-electron chi connectivity index (χ0n) is 11.9. The Morgan fingerprint density at radius 1 is 1.25 bits per heavy atom. The van der Waals surface area contributed by atoms with E-state index in [1.54, 1.807) is 0 Å². The van der Waals surface area contributed by atoms with Gasteiger partial charge >= 0.3 is 0 Å².